The van der Waals surface area contributed by atoms with Gasteiger partial charge in [0.1, 0.15) is 0 Å². The Kier molecular flexibility index (Phi) is 6.18. The van der Waals surface area contributed by atoms with Crippen molar-refractivity contribution in [2.24, 2.45) is 0 Å². The zero-order valence-electron chi connectivity index (χ0n) is 17.8. The number of carbonyl (C=O) groups excluding carboxylic acids is 1. The summed E-state index contributed by atoms with van der Waals surface area (Å²) in [6.07, 6.45) is 1.50. The summed E-state index contributed by atoms with van der Waals surface area (Å²) >= 11 is 0. The van der Waals surface area contributed by atoms with Crippen LogP contribution in [-0.2, 0) is 12.8 Å². The molecule has 4 rings (SSSR count). The fourth-order valence-corrected chi connectivity index (χ4v) is 3.60. The number of amides is 1. The van der Waals surface area contributed by atoms with E-state index in [9.17, 15) is 4.79 Å². The fourth-order valence-electron chi connectivity index (χ4n) is 3.60. The van der Waals surface area contributed by atoms with Crippen molar-refractivity contribution in [1.29, 1.82) is 0 Å². The predicted molar refractivity (Wildman–Crippen MR) is 125 cm³/mol. The van der Waals surface area contributed by atoms with E-state index in [0.717, 1.165) is 34.6 Å². The monoisotopic (exact) mass is 407 g/mol. The van der Waals surface area contributed by atoms with E-state index >= 15 is 0 Å². The number of carbonyl (C=O) groups is 1. The van der Waals surface area contributed by atoms with Crippen molar-refractivity contribution in [3.8, 4) is 11.3 Å². The Morgan fingerprint density at radius 3 is 2.13 bits per heavy atom. The SMILES string of the molecule is Cc1ccccc1-c1nc(CCc2ccccc2)c(NC(=O)c2ccccc2)nc1C. The molecule has 0 bridgehead atoms. The summed E-state index contributed by atoms with van der Waals surface area (Å²) in [5.41, 5.74) is 6.47. The van der Waals surface area contributed by atoms with Crippen LogP contribution in [0.4, 0.5) is 5.82 Å². The van der Waals surface area contributed by atoms with E-state index in [1.165, 1.54) is 5.56 Å². The van der Waals surface area contributed by atoms with E-state index in [2.05, 4.69) is 36.5 Å². The molecule has 0 aliphatic heterocycles. The molecule has 0 saturated heterocycles. The third-order valence-electron chi connectivity index (χ3n) is 5.30. The highest BCUT2D eigenvalue weighted by molar-refractivity contribution is 6.04. The lowest BCUT2D eigenvalue weighted by molar-refractivity contribution is 0.102. The Hall–Kier alpha value is -3.79. The molecule has 0 aliphatic carbocycles. The average molecular weight is 408 g/mol. The lowest BCUT2D eigenvalue weighted by Gasteiger charge is -2.15. The van der Waals surface area contributed by atoms with Gasteiger partial charge < -0.3 is 5.32 Å². The molecule has 1 amide bonds. The highest BCUT2D eigenvalue weighted by atomic mass is 16.1. The zero-order valence-corrected chi connectivity index (χ0v) is 17.8. The van der Waals surface area contributed by atoms with Gasteiger partial charge in [0.2, 0.25) is 0 Å². The maximum atomic E-state index is 12.8. The molecule has 0 atom stereocenters. The quantitative estimate of drug-likeness (QED) is 0.440. The van der Waals surface area contributed by atoms with Crippen molar-refractivity contribution in [3.63, 3.8) is 0 Å². The number of hydrogen-bond acceptors (Lipinski definition) is 3. The Morgan fingerprint density at radius 1 is 0.774 bits per heavy atom. The first-order valence-corrected chi connectivity index (χ1v) is 10.5. The minimum absolute atomic E-state index is 0.182. The Labute approximate surface area is 183 Å². The van der Waals surface area contributed by atoms with Crippen molar-refractivity contribution >= 4 is 11.7 Å². The van der Waals surface area contributed by atoms with Crippen LogP contribution < -0.4 is 5.32 Å². The molecule has 1 heterocycles. The van der Waals surface area contributed by atoms with Crippen molar-refractivity contribution < 1.29 is 4.79 Å². The second-order valence-electron chi connectivity index (χ2n) is 7.57. The first-order chi connectivity index (χ1) is 15.1. The molecule has 0 saturated carbocycles. The Morgan fingerprint density at radius 2 is 1.42 bits per heavy atom. The van der Waals surface area contributed by atoms with Crippen LogP contribution in [0.1, 0.15) is 32.9 Å². The van der Waals surface area contributed by atoms with Gasteiger partial charge in [-0.15, -0.1) is 0 Å². The van der Waals surface area contributed by atoms with Crippen LogP contribution in [0.5, 0.6) is 0 Å². The third-order valence-corrected chi connectivity index (χ3v) is 5.30. The topological polar surface area (TPSA) is 54.9 Å². The summed E-state index contributed by atoms with van der Waals surface area (Å²) in [7, 11) is 0. The largest absolute Gasteiger partial charge is 0.305 e. The molecule has 0 aliphatic rings. The maximum Gasteiger partial charge on any atom is 0.256 e. The molecule has 0 unspecified atom stereocenters. The van der Waals surface area contributed by atoms with Crippen LogP contribution in [-0.4, -0.2) is 15.9 Å². The van der Waals surface area contributed by atoms with E-state index in [0.29, 0.717) is 17.8 Å². The van der Waals surface area contributed by atoms with Crippen LogP contribution in [0.2, 0.25) is 0 Å². The molecular weight excluding hydrogens is 382 g/mol. The number of nitrogens with zero attached hydrogens (tertiary/aromatic N) is 2. The smallest absolute Gasteiger partial charge is 0.256 e. The lowest BCUT2D eigenvalue weighted by Crippen LogP contribution is -2.16. The van der Waals surface area contributed by atoms with Gasteiger partial charge in [-0.1, -0.05) is 72.8 Å². The highest BCUT2D eigenvalue weighted by Crippen LogP contribution is 2.27. The van der Waals surface area contributed by atoms with E-state index in [4.69, 9.17) is 9.97 Å². The van der Waals surface area contributed by atoms with Crippen molar-refractivity contribution in [1.82, 2.24) is 9.97 Å². The maximum absolute atomic E-state index is 12.8. The van der Waals surface area contributed by atoms with E-state index in [-0.39, 0.29) is 5.91 Å². The van der Waals surface area contributed by atoms with Gasteiger partial charge in [0.15, 0.2) is 5.82 Å². The number of hydrogen-bond donors (Lipinski definition) is 1. The number of aryl methyl sites for hydroxylation is 4. The molecule has 4 aromatic rings. The molecule has 3 aromatic carbocycles. The summed E-state index contributed by atoms with van der Waals surface area (Å²) < 4.78 is 0. The molecule has 1 N–H and O–H groups in total. The number of anilines is 1. The number of nitrogens with one attached hydrogen (secondary N) is 1. The minimum atomic E-state index is -0.182. The fraction of sp³-hybridized carbons (Fsp3) is 0.148. The lowest BCUT2D eigenvalue weighted by atomic mass is 10.0. The molecule has 1 aromatic heterocycles. The Bertz CT molecular complexity index is 1190. The van der Waals surface area contributed by atoms with Crippen molar-refractivity contribution in [3.05, 3.63) is 113 Å². The first-order valence-electron chi connectivity index (χ1n) is 10.5. The zero-order chi connectivity index (χ0) is 21.6. The summed E-state index contributed by atoms with van der Waals surface area (Å²) in [5.74, 6) is 0.346. The molecule has 0 spiro atoms. The number of rotatable bonds is 6. The van der Waals surface area contributed by atoms with Gasteiger partial charge in [-0.25, -0.2) is 9.97 Å². The molecule has 0 fully saturated rings. The standard InChI is InChI=1S/C27H25N3O/c1-19-11-9-10-16-23(19)25-20(2)28-26(30-27(31)22-14-7-4-8-15-22)24(29-25)18-17-21-12-5-3-6-13-21/h3-16H,17-18H2,1-2H3,(H,28,30,31). The van der Waals surface area contributed by atoms with Gasteiger partial charge in [0, 0.05) is 11.1 Å². The van der Waals surface area contributed by atoms with Crippen molar-refractivity contribution in [2.45, 2.75) is 26.7 Å². The third kappa shape index (κ3) is 4.86. The molecule has 4 heteroatoms. The van der Waals surface area contributed by atoms with Gasteiger partial charge in [-0.05, 0) is 49.9 Å². The van der Waals surface area contributed by atoms with E-state index in [1.54, 1.807) is 12.1 Å². The molecule has 4 nitrogen and oxygen atoms in total. The van der Waals surface area contributed by atoms with Gasteiger partial charge in [0.25, 0.3) is 5.91 Å². The van der Waals surface area contributed by atoms with Gasteiger partial charge in [-0.3, -0.25) is 4.79 Å². The summed E-state index contributed by atoms with van der Waals surface area (Å²) in [6.45, 7) is 4.01. The number of aromatic nitrogens is 2. The predicted octanol–water partition coefficient (Wildman–Crippen LogP) is 5.80. The normalized spacial score (nSPS) is 10.6. The molecule has 31 heavy (non-hydrogen) atoms. The summed E-state index contributed by atoms with van der Waals surface area (Å²) in [4.78, 5) is 22.5. The summed E-state index contributed by atoms with van der Waals surface area (Å²) in [5, 5.41) is 2.98. The van der Waals surface area contributed by atoms with E-state index in [1.807, 2.05) is 55.5 Å². The molecule has 0 radical (unpaired) electrons. The van der Waals surface area contributed by atoms with Gasteiger partial charge >= 0.3 is 0 Å². The first kappa shape index (κ1) is 20.5. The van der Waals surface area contributed by atoms with Crippen LogP contribution in [0, 0.1) is 13.8 Å². The number of benzene rings is 3. The average Bonchev–Trinajstić information content (AvgIpc) is 2.80. The minimum Gasteiger partial charge on any atom is -0.305 e. The van der Waals surface area contributed by atoms with Gasteiger partial charge in [0.05, 0.1) is 17.1 Å². The summed E-state index contributed by atoms with van der Waals surface area (Å²) in [6, 6.07) is 27.6. The Balaban J connectivity index is 1.71. The van der Waals surface area contributed by atoms with Crippen LogP contribution in [0.3, 0.4) is 0 Å². The second-order valence-corrected chi connectivity index (χ2v) is 7.57. The molecular formula is C27H25N3O. The molecule has 154 valence electrons. The second kappa shape index (κ2) is 9.35. The van der Waals surface area contributed by atoms with E-state index < -0.39 is 0 Å². The van der Waals surface area contributed by atoms with Gasteiger partial charge in [-0.2, -0.15) is 0 Å². The van der Waals surface area contributed by atoms with Crippen LogP contribution >= 0.6 is 0 Å². The van der Waals surface area contributed by atoms with Crippen LogP contribution in [0.25, 0.3) is 11.3 Å². The highest BCUT2D eigenvalue weighted by Gasteiger charge is 2.17. The van der Waals surface area contributed by atoms with Crippen molar-refractivity contribution in [2.75, 3.05) is 5.32 Å². The van der Waals surface area contributed by atoms with Crippen LogP contribution in [0.15, 0.2) is 84.9 Å².